The van der Waals surface area contributed by atoms with Crippen molar-refractivity contribution in [3.8, 4) is 0 Å². The van der Waals surface area contributed by atoms with Gasteiger partial charge in [0, 0.05) is 37.8 Å². The maximum Gasteiger partial charge on any atom is 0.0781 e. The van der Waals surface area contributed by atoms with E-state index < -0.39 is 0 Å². The molecule has 2 fully saturated rings. The number of rotatable bonds is 7. The summed E-state index contributed by atoms with van der Waals surface area (Å²) in [6.45, 7) is 5.37. The van der Waals surface area contributed by atoms with Crippen molar-refractivity contribution in [2.75, 3.05) is 47.0 Å². The standard InChI is InChI=1S/C18H29N3O2/c1-20(2)9-11-22-14-15-6-7-17-18(15)23-12-10-21(17)13-16-5-3-4-8-19-16/h3-5,8,15,17-18H,6-7,9-14H2,1-2H3/t15-,17+,18+/m1/s1. The van der Waals surface area contributed by atoms with Crippen LogP contribution in [0.5, 0.6) is 0 Å². The molecule has 1 saturated heterocycles. The van der Waals surface area contributed by atoms with Crippen LogP contribution in [0, 0.1) is 5.92 Å². The van der Waals surface area contributed by atoms with Crippen molar-refractivity contribution in [1.82, 2.24) is 14.8 Å². The van der Waals surface area contributed by atoms with E-state index in [0.29, 0.717) is 18.1 Å². The van der Waals surface area contributed by atoms with Crippen molar-refractivity contribution in [2.45, 2.75) is 31.5 Å². The fourth-order valence-electron chi connectivity index (χ4n) is 3.69. The summed E-state index contributed by atoms with van der Waals surface area (Å²) in [5, 5.41) is 0. The molecule has 1 aromatic rings. The Morgan fingerprint density at radius 3 is 3.04 bits per heavy atom. The Bertz CT molecular complexity index is 469. The highest BCUT2D eigenvalue weighted by Crippen LogP contribution is 2.35. The summed E-state index contributed by atoms with van der Waals surface area (Å²) in [5.41, 5.74) is 1.15. The van der Waals surface area contributed by atoms with E-state index in [-0.39, 0.29) is 0 Å². The van der Waals surface area contributed by atoms with Gasteiger partial charge in [-0.3, -0.25) is 9.88 Å². The third kappa shape index (κ3) is 4.51. The van der Waals surface area contributed by atoms with Crippen molar-refractivity contribution in [3.05, 3.63) is 30.1 Å². The molecule has 0 N–H and O–H groups in total. The highest BCUT2D eigenvalue weighted by Gasteiger charge is 2.42. The van der Waals surface area contributed by atoms with E-state index in [1.165, 1.54) is 12.8 Å². The molecule has 0 radical (unpaired) electrons. The third-order valence-corrected chi connectivity index (χ3v) is 4.94. The molecule has 0 unspecified atom stereocenters. The third-order valence-electron chi connectivity index (χ3n) is 4.94. The lowest BCUT2D eigenvalue weighted by molar-refractivity contribution is -0.0886. The van der Waals surface area contributed by atoms with Gasteiger partial charge in [0.1, 0.15) is 0 Å². The number of hydrogen-bond acceptors (Lipinski definition) is 5. The predicted molar refractivity (Wildman–Crippen MR) is 90.3 cm³/mol. The lowest BCUT2D eigenvalue weighted by Gasteiger charge is -2.39. The van der Waals surface area contributed by atoms with E-state index in [0.717, 1.165) is 45.1 Å². The second-order valence-corrected chi connectivity index (χ2v) is 6.91. The molecule has 1 aromatic heterocycles. The van der Waals surface area contributed by atoms with Crippen LogP contribution in [-0.2, 0) is 16.0 Å². The van der Waals surface area contributed by atoms with Crippen molar-refractivity contribution in [1.29, 1.82) is 0 Å². The normalized spacial score (nSPS) is 28.2. The molecule has 0 spiro atoms. The van der Waals surface area contributed by atoms with Gasteiger partial charge in [-0.05, 0) is 39.1 Å². The zero-order chi connectivity index (χ0) is 16.1. The Hall–Kier alpha value is -1.01. The molecule has 0 amide bonds. The first kappa shape index (κ1) is 16.8. The first-order valence-electron chi connectivity index (χ1n) is 8.72. The molecule has 1 aliphatic carbocycles. The van der Waals surface area contributed by atoms with Gasteiger partial charge in [0.25, 0.3) is 0 Å². The van der Waals surface area contributed by atoms with E-state index in [9.17, 15) is 0 Å². The minimum Gasteiger partial charge on any atom is -0.380 e. The van der Waals surface area contributed by atoms with Gasteiger partial charge in [-0.2, -0.15) is 0 Å². The highest BCUT2D eigenvalue weighted by atomic mass is 16.5. The van der Waals surface area contributed by atoms with Crippen LogP contribution in [-0.4, -0.2) is 73.9 Å². The van der Waals surface area contributed by atoms with E-state index in [2.05, 4.69) is 41.0 Å². The van der Waals surface area contributed by atoms with Gasteiger partial charge in [-0.1, -0.05) is 6.07 Å². The number of nitrogens with zero attached hydrogens (tertiary/aromatic N) is 3. The zero-order valence-electron chi connectivity index (χ0n) is 14.4. The van der Waals surface area contributed by atoms with Crippen molar-refractivity contribution < 1.29 is 9.47 Å². The minimum atomic E-state index is 0.326. The number of ether oxygens (including phenoxy) is 2. The number of hydrogen-bond donors (Lipinski definition) is 0. The molecular formula is C18H29N3O2. The number of likely N-dealkylation sites (N-methyl/N-ethyl adjacent to an activating group) is 1. The largest absolute Gasteiger partial charge is 0.380 e. The second-order valence-electron chi connectivity index (χ2n) is 6.91. The monoisotopic (exact) mass is 319 g/mol. The molecule has 5 heteroatoms. The SMILES string of the molecule is CN(C)CCOC[C@H]1CC[C@H]2[C@H]1OCCN2Cc1ccccn1. The maximum atomic E-state index is 6.11. The smallest absolute Gasteiger partial charge is 0.0781 e. The first-order valence-corrected chi connectivity index (χ1v) is 8.72. The Morgan fingerprint density at radius 2 is 2.26 bits per heavy atom. The fourth-order valence-corrected chi connectivity index (χ4v) is 3.69. The summed E-state index contributed by atoms with van der Waals surface area (Å²) in [4.78, 5) is 9.18. The number of fused-ring (bicyclic) bond motifs is 1. The van der Waals surface area contributed by atoms with Crippen LogP contribution in [0.1, 0.15) is 18.5 Å². The topological polar surface area (TPSA) is 37.8 Å². The van der Waals surface area contributed by atoms with Gasteiger partial charge >= 0.3 is 0 Å². The lowest BCUT2D eigenvalue weighted by atomic mass is 10.0. The molecule has 1 saturated carbocycles. The molecule has 3 atom stereocenters. The summed E-state index contributed by atoms with van der Waals surface area (Å²) >= 11 is 0. The molecule has 23 heavy (non-hydrogen) atoms. The summed E-state index contributed by atoms with van der Waals surface area (Å²) in [6.07, 6.45) is 4.62. The minimum absolute atomic E-state index is 0.326. The summed E-state index contributed by atoms with van der Waals surface area (Å²) in [6, 6.07) is 6.67. The van der Waals surface area contributed by atoms with Crippen molar-refractivity contribution in [3.63, 3.8) is 0 Å². The first-order chi connectivity index (χ1) is 11.2. The van der Waals surface area contributed by atoms with Crippen LogP contribution in [0.4, 0.5) is 0 Å². The summed E-state index contributed by atoms with van der Waals surface area (Å²) < 4.78 is 12.0. The van der Waals surface area contributed by atoms with E-state index in [1.54, 1.807) is 0 Å². The highest BCUT2D eigenvalue weighted by molar-refractivity contribution is 5.05. The molecule has 2 heterocycles. The van der Waals surface area contributed by atoms with Gasteiger partial charge in [0.05, 0.1) is 31.6 Å². The Kier molecular flexibility index (Phi) is 6.00. The van der Waals surface area contributed by atoms with Gasteiger partial charge in [-0.15, -0.1) is 0 Å². The predicted octanol–water partition coefficient (Wildman–Crippen LogP) is 1.64. The number of morpholine rings is 1. The molecule has 2 aliphatic rings. The van der Waals surface area contributed by atoms with Crippen LogP contribution in [0.15, 0.2) is 24.4 Å². The van der Waals surface area contributed by atoms with Crippen LogP contribution in [0.2, 0.25) is 0 Å². The Labute approximate surface area is 139 Å². The average Bonchev–Trinajstić information content (AvgIpc) is 2.97. The van der Waals surface area contributed by atoms with E-state index in [4.69, 9.17) is 9.47 Å². The van der Waals surface area contributed by atoms with Crippen molar-refractivity contribution in [2.24, 2.45) is 5.92 Å². The zero-order valence-corrected chi connectivity index (χ0v) is 14.4. The number of pyridine rings is 1. The van der Waals surface area contributed by atoms with Gasteiger partial charge in [0.15, 0.2) is 0 Å². The molecule has 3 rings (SSSR count). The quantitative estimate of drug-likeness (QED) is 0.714. The molecule has 128 valence electrons. The van der Waals surface area contributed by atoms with Crippen LogP contribution in [0.25, 0.3) is 0 Å². The van der Waals surface area contributed by atoms with E-state index >= 15 is 0 Å². The lowest BCUT2D eigenvalue weighted by Crippen LogP contribution is -2.50. The molecule has 1 aliphatic heterocycles. The Balaban J connectivity index is 1.51. The van der Waals surface area contributed by atoms with Gasteiger partial charge in [0.2, 0.25) is 0 Å². The van der Waals surface area contributed by atoms with Crippen LogP contribution >= 0.6 is 0 Å². The molecule has 0 bridgehead atoms. The number of aromatic nitrogens is 1. The second kappa shape index (κ2) is 8.20. The molecule has 0 aromatic carbocycles. The van der Waals surface area contributed by atoms with E-state index in [1.807, 2.05) is 12.3 Å². The van der Waals surface area contributed by atoms with Gasteiger partial charge in [-0.25, -0.2) is 0 Å². The molecule has 5 nitrogen and oxygen atoms in total. The molecular weight excluding hydrogens is 290 g/mol. The van der Waals surface area contributed by atoms with Crippen molar-refractivity contribution >= 4 is 0 Å². The fraction of sp³-hybridized carbons (Fsp3) is 0.722. The Morgan fingerprint density at radius 1 is 1.35 bits per heavy atom. The summed E-state index contributed by atoms with van der Waals surface area (Å²) in [5.74, 6) is 0.536. The summed E-state index contributed by atoms with van der Waals surface area (Å²) in [7, 11) is 4.16. The van der Waals surface area contributed by atoms with Crippen LogP contribution < -0.4 is 0 Å². The maximum absolute atomic E-state index is 6.11. The average molecular weight is 319 g/mol. The van der Waals surface area contributed by atoms with Gasteiger partial charge < -0.3 is 14.4 Å². The van der Waals surface area contributed by atoms with Crippen LogP contribution in [0.3, 0.4) is 0 Å².